The van der Waals surface area contributed by atoms with Crippen molar-refractivity contribution in [1.82, 2.24) is 0 Å². The lowest BCUT2D eigenvalue weighted by Crippen LogP contribution is -1.79. The highest BCUT2D eigenvalue weighted by Gasteiger charge is 1.98. The van der Waals surface area contributed by atoms with Crippen LogP contribution in [0, 0.1) is 0 Å². The first-order valence-corrected chi connectivity index (χ1v) is 4.24. The van der Waals surface area contributed by atoms with Gasteiger partial charge in [0.1, 0.15) is 0 Å². The van der Waals surface area contributed by atoms with Crippen LogP contribution in [0.1, 0.15) is 33.9 Å². The van der Waals surface area contributed by atoms with Crippen LogP contribution in [0.3, 0.4) is 0 Å². The molecule has 0 fully saturated rings. The van der Waals surface area contributed by atoms with Crippen LogP contribution in [0.4, 0.5) is 0 Å². The van der Waals surface area contributed by atoms with Crippen molar-refractivity contribution in [2.24, 2.45) is 0 Å². The van der Waals surface area contributed by atoms with Crippen molar-refractivity contribution in [2.45, 2.75) is 13.8 Å². The Kier molecular flexibility index (Phi) is 5.29. The average molecular weight is 170 g/mol. The van der Waals surface area contributed by atoms with Gasteiger partial charge >= 0.3 is 0 Å². The Bertz CT molecular complexity index is 205. The molecule has 0 aromatic carbocycles. The molecule has 0 saturated heterocycles. The molecule has 2 nitrogen and oxygen atoms in total. The Hall–Kier alpha value is -0.960. The molecular weight excluding hydrogens is 160 g/mol. The topological polar surface area (TPSA) is 34.1 Å². The molecule has 0 unspecified atom stereocenters. The van der Waals surface area contributed by atoms with Crippen molar-refractivity contribution in [2.75, 3.05) is 0 Å². The minimum absolute atomic E-state index is 0.481. The van der Waals surface area contributed by atoms with E-state index in [0.717, 1.165) is 0 Å². The van der Waals surface area contributed by atoms with Crippen molar-refractivity contribution in [3.8, 4) is 0 Å². The number of aldehydes is 2. The van der Waals surface area contributed by atoms with E-state index in [-0.39, 0.29) is 0 Å². The highest BCUT2D eigenvalue weighted by molar-refractivity contribution is 7.12. The monoisotopic (exact) mass is 170 g/mol. The van der Waals surface area contributed by atoms with Gasteiger partial charge in [0.15, 0.2) is 12.6 Å². The van der Waals surface area contributed by atoms with E-state index in [1.54, 1.807) is 11.4 Å². The van der Waals surface area contributed by atoms with Gasteiger partial charge in [0, 0.05) is 5.56 Å². The summed E-state index contributed by atoms with van der Waals surface area (Å²) in [5.41, 5.74) is 0.481. The summed E-state index contributed by atoms with van der Waals surface area (Å²) >= 11 is 1.27. The molecule has 1 aromatic rings. The van der Waals surface area contributed by atoms with Crippen molar-refractivity contribution < 1.29 is 9.59 Å². The number of hydrogen-bond acceptors (Lipinski definition) is 3. The van der Waals surface area contributed by atoms with E-state index in [1.165, 1.54) is 11.3 Å². The zero-order chi connectivity index (χ0) is 8.69. The molecule has 0 radical (unpaired) electrons. The summed E-state index contributed by atoms with van der Waals surface area (Å²) in [6, 6.07) is 1.63. The van der Waals surface area contributed by atoms with Crippen LogP contribution < -0.4 is 0 Å². The smallest absolute Gasteiger partial charge is 0.160 e. The van der Waals surface area contributed by atoms with Gasteiger partial charge < -0.3 is 0 Å². The summed E-state index contributed by atoms with van der Waals surface area (Å²) in [7, 11) is 0. The predicted octanol–water partition coefficient (Wildman–Crippen LogP) is 2.40. The summed E-state index contributed by atoms with van der Waals surface area (Å²) in [6.45, 7) is 4.00. The van der Waals surface area contributed by atoms with Crippen LogP contribution in [0.15, 0.2) is 11.4 Å². The van der Waals surface area contributed by atoms with Gasteiger partial charge in [-0.25, -0.2) is 0 Å². The largest absolute Gasteiger partial charge is 0.298 e. The van der Waals surface area contributed by atoms with Gasteiger partial charge in [-0.15, -0.1) is 11.3 Å². The molecule has 11 heavy (non-hydrogen) atoms. The minimum atomic E-state index is 0.481. The molecule has 1 rings (SSSR count). The fraction of sp³-hybridized carbons (Fsp3) is 0.250. The normalized spacial score (nSPS) is 7.82. The second-order valence-electron chi connectivity index (χ2n) is 1.48. The van der Waals surface area contributed by atoms with Crippen LogP contribution in [0.25, 0.3) is 0 Å². The molecule has 0 bridgehead atoms. The molecule has 0 aliphatic heterocycles. The van der Waals surface area contributed by atoms with Gasteiger partial charge in [-0.1, -0.05) is 13.8 Å². The highest BCUT2D eigenvalue weighted by atomic mass is 32.1. The van der Waals surface area contributed by atoms with Crippen LogP contribution in [-0.4, -0.2) is 12.6 Å². The Morgan fingerprint density at radius 3 is 2.27 bits per heavy atom. The fourth-order valence-electron chi connectivity index (χ4n) is 0.524. The summed E-state index contributed by atoms with van der Waals surface area (Å²) < 4.78 is 0. The summed E-state index contributed by atoms with van der Waals surface area (Å²) in [5.74, 6) is 0. The van der Waals surface area contributed by atoms with Crippen LogP contribution in [-0.2, 0) is 0 Å². The maximum Gasteiger partial charge on any atom is 0.160 e. The van der Waals surface area contributed by atoms with E-state index in [4.69, 9.17) is 0 Å². The molecule has 0 saturated carbocycles. The Labute approximate surface area is 69.9 Å². The third-order valence-electron chi connectivity index (χ3n) is 0.961. The highest BCUT2D eigenvalue weighted by Crippen LogP contribution is 2.10. The molecule has 1 heterocycles. The van der Waals surface area contributed by atoms with Crippen molar-refractivity contribution >= 4 is 23.9 Å². The van der Waals surface area contributed by atoms with Crippen molar-refractivity contribution in [3.05, 3.63) is 21.9 Å². The molecule has 0 N–H and O–H groups in total. The first kappa shape index (κ1) is 10.0. The first-order chi connectivity index (χ1) is 5.38. The van der Waals surface area contributed by atoms with Crippen molar-refractivity contribution in [3.63, 3.8) is 0 Å². The standard InChI is InChI=1S/C6H4O2S.C2H6/c7-3-5-1-2-9-6(5)4-8;1-2/h1-4H;1-2H3. The van der Waals surface area contributed by atoms with Gasteiger partial charge in [0.2, 0.25) is 0 Å². The molecular formula is C8H10O2S. The van der Waals surface area contributed by atoms with E-state index in [0.29, 0.717) is 23.0 Å². The van der Waals surface area contributed by atoms with Crippen LogP contribution >= 0.6 is 11.3 Å². The molecule has 0 aliphatic rings. The number of carbonyl (C=O) groups excluding carboxylic acids is 2. The van der Waals surface area contributed by atoms with E-state index in [1.807, 2.05) is 13.8 Å². The molecule has 3 heteroatoms. The predicted molar refractivity (Wildman–Crippen MR) is 46.4 cm³/mol. The molecule has 0 aliphatic carbocycles. The lowest BCUT2D eigenvalue weighted by atomic mass is 10.3. The third kappa shape index (κ3) is 2.63. The van der Waals surface area contributed by atoms with Gasteiger partial charge in [0.05, 0.1) is 4.88 Å². The Balaban J connectivity index is 0.000000461. The molecule has 0 atom stereocenters. The van der Waals surface area contributed by atoms with E-state index < -0.39 is 0 Å². The van der Waals surface area contributed by atoms with Gasteiger partial charge in [-0.2, -0.15) is 0 Å². The number of thiophene rings is 1. The first-order valence-electron chi connectivity index (χ1n) is 3.36. The average Bonchev–Trinajstić information content (AvgIpc) is 2.54. The molecule has 0 spiro atoms. The minimum Gasteiger partial charge on any atom is -0.298 e. The lowest BCUT2D eigenvalue weighted by molar-refractivity contribution is 0.109. The van der Waals surface area contributed by atoms with E-state index in [2.05, 4.69) is 0 Å². The Morgan fingerprint density at radius 2 is 1.91 bits per heavy atom. The quantitative estimate of drug-likeness (QED) is 0.639. The third-order valence-corrected chi connectivity index (χ3v) is 1.82. The van der Waals surface area contributed by atoms with Crippen LogP contribution in [0.5, 0.6) is 0 Å². The van der Waals surface area contributed by atoms with Gasteiger partial charge in [-0.3, -0.25) is 9.59 Å². The molecule has 60 valence electrons. The van der Waals surface area contributed by atoms with E-state index in [9.17, 15) is 9.59 Å². The second-order valence-corrected chi connectivity index (χ2v) is 2.42. The maximum atomic E-state index is 10.1. The summed E-state index contributed by atoms with van der Waals surface area (Å²) in [6.07, 6.45) is 1.37. The summed E-state index contributed by atoms with van der Waals surface area (Å²) in [5, 5.41) is 1.72. The number of rotatable bonds is 2. The lowest BCUT2D eigenvalue weighted by Gasteiger charge is -1.78. The number of carbonyl (C=O) groups is 2. The second kappa shape index (κ2) is 5.80. The van der Waals surface area contributed by atoms with Gasteiger partial charge in [-0.05, 0) is 11.4 Å². The van der Waals surface area contributed by atoms with Gasteiger partial charge in [0.25, 0.3) is 0 Å². The number of hydrogen-bond donors (Lipinski definition) is 0. The summed E-state index contributed by atoms with van der Waals surface area (Å²) in [4.78, 5) is 20.7. The SMILES string of the molecule is CC.O=Cc1ccsc1C=O. The zero-order valence-electron chi connectivity index (χ0n) is 6.53. The molecule has 0 amide bonds. The zero-order valence-corrected chi connectivity index (χ0v) is 7.35. The molecule has 1 aromatic heterocycles. The van der Waals surface area contributed by atoms with E-state index >= 15 is 0 Å². The Morgan fingerprint density at radius 1 is 1.27 bits per heavy atom. The maximum absolute atomic E-state index is 10.1. The van der Waals surface area contributed by atoms with Crippen LogP contribution in [0.2, 0.25) is 0 Å². The van der Waals surface area contributed by atoms with Crippen molar-refractivity contribution in [1.29, 1.82) is 0 Å². The fourth-order valence-corrected chi connectivity index (χ4v) is 1.19.